The number of hydrogen-bond donors (Lipinski definition) is 0. The lowest BCUT2D eigenvalue weighted by atomic mass is 9.88. The number of amides is 1. The first-order chi connectivity index (χ1) is 9.10. The van der Waals surface area contributed by atoms with E-state index in [0.29, 0.717) is 13.2 Å². The highest BCUT2D eigenvalue weighted by molar-refractivity contribution is 6.63. The maximum absolute atomic E-state index is 12.4. The number of nitrogens with zero attached hydrogens (tertiary/aromatic N) is 3. The molecule has 0 atom stereocenters. The molecule has 0 aromatic rings. The number of ether oxygens (including phenoxy) is 1. The van der Waals surface area contributed by atoms with Gasteiger partial charge in [-0.25, -0.2) is 0 Å². The van der Waals surface area contributed by atoms with Gasteiger partial charge in [-0.2, -0.15) is 4.79 Å². The molecule has 1 aliphatic heterocycles. The minimum atomic E-state index is -0.598. The smallest absolute Gasteiger partial charge is 0.360 e. The molecule has 1 spiro atoms. The fraction of sp³-hybridized carbons (Fsp3) is 0.769. The molecule has 0 aromatic carbocycles. The van der Waals surface area contributed by atoms with Crippen LogP contribution in [0.15, 0.2) is 0 Å². The number of rotatable bonds is 2. The van der Waals surface area contributed by atoms with Gasteiger partial charge in [-0.05, 0) is 32.1 Å². The lowest BCUT2D eigenvalue weighted by molar-refractivity contribution is -0.204. The fourth-order valence-electron chi connectivity index (χ4n) is 2.96. The summed E-state index contributed by atoms with van der Waals surface area (Å²) in [5.74, 6) is -1.04. The van der Waals surface area contributed by atoms with Crippen molar-refractivity contribution in [2.45, 2.75) is 51.2 Å². The van der Waals surface area contributed by atoms with Crippen molar-refractivity contribution >= 4 is 17.4 Å². The SMILES string of the molecule is CC(=O)C(=[N+]=[N-])C(=O)N1CCCOC12CCCCC2. The second-order valence-corrected chi connectivity index (χ2v) is 5.17. The van der Waals surface area contributed by atoms with E-state index in [0.717, 1.165) is 38.5 Å². The van der Waals surface area contributed by atoms with Crippen molar-refractivity contribution < 1.29 is 19.1 Å². The first kappa shape index (κ1) is 13.9. The number of hydrogen-bond acceptors (Lipinski definition) is 3. The zero-order valence-electron chi connectivity index (χ0n) is 11.2. The summed E-state index contributed by atoms with van der Waals surface area (Å²) in [5, 5.41) is 0. The van der Waals surface area contributed by atoms with Crippen LogP contribution in [0.1, 0.15) is 45.4 Å². The van der Waals surface area contributed by atoms with E-state index in [9.17, 15) is 9.59 Å². The molecule has 1 saturated carbocycles. The molecule has 0 aromatic heterocycles. The first-order valence-corrected chi connectivity index (χ1v) is 6.80. The van der Waals surface area contributed by atoms with Crippen LogP contribution in [0.25, 0.3) is 5.53 Å². The van der Waals surface area contributed by atoms with Gasteiger partial charge in [0.1, 0.15) is 5.72 Å². The quantitative estimate of drug-likeness (QED) is 0.325. The van der Waals surface area contributed by atoms with Crippen molar-refractivity contribution in [3.8, 4) is 0 Å². The van der Waals surface area contributed by atoms with E-state index >= 15 is 0 Å². The Morgan fingerprint density at radius 1 is 1.21 bits per heavy atom. The van der Waals surface area contributed by atoms with E-state index in [1.165, 1.54) is 6.92 Å². The minimum Gasteiger partial charge on any atom is -0.360 e. The highest BCUT2D eigenvalue weighted by atomic mass is 16.5. The van der Waals surface area contributed by atoms with Crippen molar-refractivity contribution in [2.75, 3.05) is 13.2 Å². The van der Waals surface area contributed by atoms with Crippen LogP contribution >= 0.6 is 0 Å². The number of carbonyl (C=O) groups is 2. The maximum Gasteiger partial charge on any atom is 0.421 e. The van der Waals surface area contributed by atoms with Crippen LogP contribution < -0.4 is 0 Å². The Hall–Kier alpha value is -1.52. The summed E-state index contributed by atoms with van der Waals surface area (Å²) in [6, 6.07) is 0. The van der Waals surface area contributed by atoms with Crippen LogP contribution in [0.5, 0.6) is 0 Å². The van der Waals surface area contributed by atoms with Crippen LogP contribution in [0.2, 0.25) is 0 Å². The van der Waals surface area contributed by atoms with Crippen LogP contribution in [0, 0.1) is 0 Å². The van der Waals surface area contributed by atoms with Gasteiger partial charge >= 0.3 is 11.6 Å². The van der Waals surface area contributed by atoms with Crippen molar-refractivity contribution in [3.63, 3.8) is 0 Å². The van der Waals surface area contributed by atoms with Gasteiger partial charge in [0, 0.05) is 13.5 Å². The Morgan fingerprint density at radius 2 is 1.89 bits per heavy atom. The van der Waals surface area contributed by atoms with Gasteiger partial charge in [0.25, 0.3) is 0 Å². The molecule has 104 valence electrons. The fourth-order valence-corrected chi connectivity index (χ4v) is 2.96. The summed E-state index contributed by atoms with van der Waals surface area (Å²) in [6.45, 7) is 2.41. The molecule has 0 radical (unpaired) electrons. The third kappa shape index (κ3) is 2.60. The largest absolute Gasteiger partial charge is 0.421 e. The molecule has 1 aliphatic carbocycles. The molecule has 0 bridgehead atoms. The monoisotopic (exact) mass is 265 g/mol. The zero-order chi connectivity index (χ0) is 13.9. The average molecular weight is 265 g/mol. The van der Waals surface area contributed by atoms with E-state index in [-0.39, 0.29) is 0 Å². The number of carbonyl (C=O) groups excluding carboxylic acids is 2. The molecule has 1 amide bonds. The van der Waals surface area contributed by atoms with Crippen molar-refractivity contribution in [1.29, 1.82) is 0 Å². The summed E-state index contributed by atoms with van der Waals surface area (Å²) < 4.78 is 5.87. The van der Waals surface area contributed by atoms with Crippen LogP contribution in [0.4, 0.5) is 0 Å². The van der Waals surface area contributed by atoms with Gasteiger partial charge in [-0.15, -0.1) is 0 Å². The van der Waals surface area contributed by atoms with Gasteiger partial charge < -0.3 is 15.2 Å². The molecular weight excluding hydrogens is 246 g/mol. The minimum absolute atomic E-state index is 0.407. The molecule has 6 nitrogen and oxygen atoms in total. The Labute approximate surface area is 112 Å². The molecular formula is C13H19N3O3. The van der Waals surface area contributed by atoms with Gasteiger partial charge in [-0.1, -0.05) is 6.42 Å². The lowest BCUT2D eigenvalue weighted by Crippen LogP contribution is -2.60. The highest BCUT2D eigenvalue weighted by Gasteiger charge is 2.47. The molecule has 2 rings (SSSR count). The summed E-state index contributed by atoms with van der Waals surface area (Å²) >= 11 is 0. The topological polar surface area (TPSA) is 83.0 Å². The Kier molecular flexibility index (Phi) is 4.12. The van der Waals surface area contributed by atoms with Crippen molar-refractivity contribution in [1.82, 2.24) is 4.90 Å². The van der Waals surface area contributed by atoms with Gasteiger partial charge in [0.05, 0.1) is 6.61 Å². The highest BCUT2D eigenvalue weighted by Crippen LogP contribution is 2.37. The van der Waals surface area contributed by atoms with E-state index in [1.54, 1.807) is 4.90 Å². The van der Waals surface area contributed by atoms with E-state index in [2.05, 4.69) is 4.79 Å². The zero-order valence-corrected chi connectivity index (χ0v) is 11.2. The van der Waals surface area contributed by atoms with Gasteiger partial charge in [0.15, 0.2) is 0 Å². The molecule has 0 N–H and O–H groups in total. The summed E-state index contributed by atoms with van der Waals surface area (Å²) in [5.41, 5.74) is 7.86. The molecule has 1 saturated heterocycles. The molecule has 0 unspecified atom stereocenters. The van der Waals surface area contributed by atoms with E-state index < -0.39 is 23.1 Å². The van der Waals surface area contributed by atoms with Crippen molar-refractivity contribution in [3.05, 3.63) is 5.53 Å². The number of Topliss-reactive ketones (excluding diaryl/α,β-unsaturated/α-hetero) is 1. The number of ketones is 1. The molecule has 2 fully saturated rings. The molecule has 6 heteroatoms. The second-order valence-electron chi connectivity index (χ2n) is 5.17. The summed E-state index contributed by atoms with van der Waals surface area (Å²) in [7, 11) is 0. The predicted molar refractivity (Wildman–Crippen MR) is 67.4 cm³/mol. The standard InChI is InChI=1S/C13H19N3O3/c1-10(17)11(15-14)12(18)16-8-5-9-19-13(16)6-3-2-4-7-13/h2-9H2,1H3. The van der Waals surface area contributed by atoms with Crippen molar-refractivity contribution in [2.24, 2.45) is 0 Å². The Bertz CT molecular complexity index is 426. The predicted octanol–water partition coefficient (Wildman–Crippen LogP) is 1.16. The molecule has 2 aliphatic rings. The van der Waals surface area contributed by atoms with Crippen LogP contribution in [0.3, 0.4) is 0 Å². The Balaban J connectivity index is 2.27. The first-order valence-electron chi connectivity index (χ1n) is 6.80. The van der Waals surface area contributed by atoms with E-state index in [1.807, 2.05) is 0 Å². The lowest BCUT2D eigenvalue weighted by Gasteiger charge is -2.48. The third-order valence-electron chi connectivity index (χ3n) is 3.90. The maximum atomic E-state index is 12.4. The van der Waals surface area contributed by atoms with Gasteiger partial charge in [0.2, 0.25) is 5.78 Å². The summed E-state index contributed by atoms with van der Waals surface area (Å²) in [4.78, 5) is 28.2. The second kappa shape index (κ2) is 5.63. The average Bonchev–Trinajstić information content (AvgIpc) is 2.40. The van der Waals surface area contributed by atoms with E-state index in [4.69, 9.17) is 10.3 Å². The molecule has 19 heavy (non-hydrogen) atoms. The Morgan fingerprint density at radius 3 is 2.47 bits per heavy atom. The third-order valence-corrected chi connectivity index (χ3v) is 3.90. The van der Waals surface area contributed by atoms with Gasteiger partial charge in [-0.3, -0.25) is 9.59 Å². The van der Waals surface area contributed by atoms with Crippen LogP contribution in [-0.2, 0) is 14.3 Å². The normalized spacial score (nSPS) is 21.8. The molecule has 1 heterocycles. The van der Waals surface area contributed by atoms with Crippen LogP contribution in [-0.4, -0.2) is 46.0 Å². The summed E-state index contributed by atoms with van der Waals surface area (Å²) in [6.07, 6.45) is 5.47.